The molecule has 190 valence electrons. The highest BCUT2D eigenvalue weighted by Crippen LogP contribution is 2.31. The first kappa shape index (κ1) is 25.3. The Morgan fingerprint density at radius 3 is 2.37 bits per heavy atom. The number of rotatable bonds is 9. The Morgan fingerprint density at radius 2 is 1.61 bits per heavy atom. The highest BCUT2D eigenvalue weighted by Gasteiger charge is 2.18. The molecule has 0 fully saturated rings. The van der Waals surface area contributed by atoms with Crippen LogP contribution in [0.5, 0.6) is 5.75 Å². The van der Waals surface area contributed by atoms with E-state index >= 15 is 0 Å². The lowest BCUT2D eigenvalue weighted by Gasteiger charge is -2.13. The first-order valence-electron chi connectivity index (χ1n) is 12.4. The third-order valence-corrected chi connectivity index (χ3v) is 6.86. The van der Waals surface area contributed by atoms with Crippen molar-refractivity contribution in [3.63, 3.8) is 0 Å². The van der Waals surface area contributed by atoms with Crippen LogP contribution in [0.25, 0.3) is 28.2 Å². The number of hydrogen-bond acceptors (Lipinski definition) is 5. The van der Waals surface area contributed by atoms with Gasteiger partial charge in [-0.1, -0.05) is 84.1 Å². The number of carbonyl (C=O) groups is 1. The third kappa shape index (κ3) is 5.79. The molecule has 4 aromatic carbocycles. The molecule has 0 spiro atoms. The molecule has 0 saturated heterocycles. The van der Waals surface area contributed by atoms with Gasteiger partial charge in [-0.15, -0.1) is 10.2 Å². The second-order valence-corrected chi connectivity index (χ2v) is 9.63. The molecule has 0 aliphatic rings. The zero-order valence-corrected chi connectivity index (χ0v) is 22.1. The lowest BCUT2D eigenvalue weighted by molar-refractivity contribution is -0.113. The molecule has 0 atom stereocenters. The number of para-hydroxylation sites is 1. The Kier molecular flexibility index (Phi) is 7.85. The van der Waals surface area contributed by atoms with E-state index in [9.17, 15) is 4.79 Å². The van der Waals surface area contributed by atoms with E-state index in [0.717, 1.165) is 45.2 Å². The van der Waals surface area contributed by atoms with Crippen molar-refractivity contribution >= 4 is 23.4 Å². The largest absolute Gasteiger partial charge is 0.494 e. The second-order valence-electron chi connectivity index (χ2n) is 8.69. The van der Waals surface area contributed by atoms with Crippen molar-refractivity contribution in [2.45, 2.75) is 19.0 Å². The van der Waals surface area contributed by atoms with Gasteiger partial charge in [-0.25, -0.2) is 0 Å². The van der Waals surface area contributed by atoms with Gasteiger partial charge in [0.15, 0.2) is 11.0 Å². The Hall–Kier alpha value is -4.36. The van der Waals surface area contributed by atoms with E-state index < -0.39 is 0 Å². The van der Waals surface area contributed by atoms with Crippen LogP contribution in [0, 0.1) is 6.92 Å². The highest BCUT2D eigenvalue weighted by atomic mass is 32.2. The Morgan fingerprint density at radius 1 is 0.868 bits per heavy atom. The minimum atomic E-state index is -0.114. The van der Waals surface area contributed by atoms with Crippen molar-refractivity contribution in [2.75, 3.05) is 17.7 Å². The summed E-state index contributed by atoms with van der Waals surface area (Å²) in [5, 5.41) is 12.7. The quantitative estimate of drug-likeness (QED) is 0.211. The average Bonchev–Trinajstić information content (AvgIpc) is 3.37. The smallest absolute Gasteiger partial charge is 0.234 e. The number of aromatic nitrogens is 3. The normalized spacial score (nSPS) is 10.8. The molecule has 38 heavy (non-hydrogen) atoms. The molecule has 1 amide bonds. The summed E-state index contributed by atoms with van der Waals surface area (Å²) in [6.45, 7) is 4.61. The second kappa shape index (κ2) is 11.8. The molecule has 1 heterocycles. The van der Waals surface area contributed by atoms with E-state index in [-0.39, 0.29) is 11.7 Å². The molecule has 0 aliphatic heterocycles. The summed E-state index contributed by atoms with van der Waals surface area (Å²) < 4.78 is 7.60. The predicted molar refractivity (Wildman–Crippen MR) is 154 cm³/mol. The fourth-order valence-corrected chi connectivity index (χ4v) is 4.96. The van der Waals surface area contributed by atoms with Crippen LogP contribution in [0.4, 0.5) is 5.69 Å². The number of amides is 1. The van der Waals surface area contributed by atoms with Crippen molar-refractivity contribution in [3.05, 3.63) is 109 Å². The van der Waals surface area contributed by atoms with Gasteiger partial charge >= 0.3 is 0 Å². The summed E-state index contributed by atoms with van der Waals surface area (Å²) in [7, 11) is 0. The summed E-state index contributed by atoms with van der Waals surface area (Å²) in [6.07, 6.45) is 0. The van der Waals surface area contributed by atoms with Gasteiger partial charge in [0.2, 0.25) is 5.91 Å². The van der Waals surface area contributed by atoms with Gasteiger partial charge in [0.1, 0.15) is 5.75 Å². The van der Waals surface area contributed by atoms with Crippen molar-refractivity contribution in [1.29, 1.82) is 0 Å². The molecule has 0 bridgehead atoms. The number of benzene rings is 4. The fraction of sp³-hybridized carbons (Fsp3) is 0.129. The van der Waals surface area contributed by atoms with Crippen LogP contribution in [0.2, 0.25) is 0 Å². The van der Waals surface area contributed by atoms with Gasteiger partial charge in [0.25, 0.3) is 0 Å². The highest BCUT2D eigenvalue weighted by molar-refractivity contribution is 7.99. The van der Waals surface area contributed by atoms with Crippen molar-refractivity contribution in [3.8, 4) is 34.0 Å². The Bertz CT molecular complexity index is 1530. The number of hydrogen-bond donors (Lipinski definition) is 1. The first-order chi connectivity index (χ1) is 18.6. The number of carbonyl (C=O) groups excluding carboxylic acids is 1. The zero-order chi connectivity index (χ0) is 26.3. The molecule has 0 radical (unpaired) electrons. The van der Waals surface area contributed by atoms with E-state index in [1.165, 1.54) is 11.8 Å². The molecule has 0 aliphatic carbocycles. The van der Waals surface area contributed by atoms with Gasteiger partial charge in [-0.3, -0.25) is 9.36 Å². The van der Waals surface area contributed by atoms with E-state index in [1.807, 2.05) is 115 Å². The van der Waals surface area contributed by atoms with Gasteiger partial charge < -0.3 is 10.1 Å². The number of ether oxygens (including phenoxy) is 1. The van der Waals surface area contributed by atoms with Crippen molar-refractivity contribution in [2.24, 2.45) is 0 Å². The van der Waals surface area contributed by atoms with Crippen LogP contribution in [0.3, 0.4) is 0 Å². The summed E-state index contributed by atoms with van der Waals surface area (Å²) in [5.74, 6) is 1.59. The van der Waals surface area contributed by atoms with Crippen LogP contribution in [-0.4, -0.2) is 33.0 Å². The minimum Gasteiger partial charge on any atom is -0.494 e. The molecule has 1 aromatic heterocycles. The van der Waals surface area contributed by atoms with Crippen LogP contribution >= 0.6 is 11.8 Å². The lowest BCUT2D eigenvalue weighted by Crippen LogP contribution is -2.15. The Balaban J connectivity index is 1.40. The van der Waals surface area contributed by atoms with E-state index in [2.05, 4.69) is 21.6 Å². The van der Waals surface area contributed by atoms with Gasteiger partial charge in [0, 0.05) is 22.5 Å². The molecule has 0 saturated carbocycles. The van der Waals surface area contributed by atoms with Crippen LogP contribution < -0.4 is 10.1 Å². The van der Waals surface area contributed by atoms with Crippen LogP contribution in [0.1, 0.15) is 12.5 Å². The van der Waals surface area contributed by atoms with Gasteiger partial charge in [0.05, 0.1) is 12.4 Å². The predicted octanol–water partition coefficient (Wildman–Crippen LogP) is 7.04. The molecule has 1 N–H and O–H groups in total. The monoisotopic (exact) mass is 520 g/mol. The Labute approximate surface area is 226 Å². The fourth-order valence-electron chi connectivity index (χ4n) is 4.20. The summed E-state index contributed by atoms with van der Waals surface area (Å²) in [6, 6.07) is 33.8. The molecule has 5 aromatic rings. The summed E-state index contributed by atoms with van der Waals surface area (Å²) in [4.78, 5) is 13.0. The number of aryl methyl sites for hydroxylation is 1. The summed E-state index contributed by atoms with van der Waals surface area (Å²) >= 11 is 1.35. The number of thioether (sulfide) groups is 1. The van der Waals surface area contributed by atoms with Gasteiger partial charge in [-0.2, -0.15) is 0 Å². The van der Waals surface area contributed by atoms with Gasteiger partial charge in [-0.05, 0) is 55.8 Å². The standard InChI is InChI=1S/C31H28N4O2S/c1-3-37-26-18-16-25(17-19-26)35-30(24-13-9-10-22(2)20-24)33-34-31(35)38-21-29(36)32-28-15-8-7-14-27(28)23-11-5-4-6-12-23/h4-20H,3,21H2,1-2H3,(H,32,36). The van der Waals surface area contributed by atoms with E-state index in [4.69, 9.17) is 4.74 Å². The maximum absolute atomic E-state index is 13.0. The molecular weight excluding hydrogens is 492 g/mol. The molecule has 5 rings (SSSR count). The number of nitrogens with one attached hydrogen (secondary N) is 1. The average molecular weight is 521 g/mol. The van der Waals surface area contributed by atoms with E-state index in [0.29, 0.717) is 11.8 Å². The molecule has 7 heteroatoms. The van der Waals surface area contributed by atoms with Crippen molar-refractivity contribution in [1.82, 2.24) is 14.8 Å². The topological polar surface area (TPSA) is 69.0 Å². The van der Waals surface area contributed by atoms with E-state index in [1.54, 1.807) is 0 Å². The SMILES string of the molecule is CCOc1ccc(-n2c(SCC(=O)Nc3ccccc3-c3ccccc3)nnc2-c2cccc(C)c2)cc1. The molecule has 6 nitrogen and oxygen atoms in total. The zero-order valence-electron chi connectivity index (χ0n) is 21.3. The number of nitrogens with zero attached hydrogens (tertiary/aromatic N) is 3. The van der Waals surface area contributed by atoms with Crippen molar-refractivity contribution < 1.29 is 9.53 Å². The molecular formula is C31H28N4O2S. The third-order valence-electron chi connectivity index (χ3n) is 5.93. The maximum atomic E-state index is 13.0. The maximum Gasteiger partial charge on any atom is 0.234 e. The number of anilines is 1. The van der Waals surface area contributed by atoms with Crippen LogP contribution in [0.15, 0.2) is 108 Å². The molecule has 0 unspecified atom stereocenters. The minimum absolute atomic E-state index is 0.114. The van der Waals surface area contributed by atoms with Crippen LogP contribution in [-0.2, 0) is 4.79 Å². The summed E-state index contributed by atoms with van der Waals surface area (Å²) in [5.41, 5.74) is 5.79. The first-order valence-corrected chi connectivity index (χ1v) is 13.4. The lowest BCUT2D eigenvalue weighted by atomic mass is 10.0.